The minimum Gasteiger partial charge on any atom is -0.340 e. The molecule has 2 heteroatoms. The highest BCUT2D eigenvalue weighted by atomic mass is 16.1. The largest absolute Gasteiger partial charge is 0.340 e. The molecule has 0 amide bonds. The van der Waals surface area contributed by atoms with Crippen molar-refractivity contribution in [2.45, 2.75) is 53.0 Å². The molecule has 4 rings (SSSR count). The van der Waals surface area contributed by atoms with Gasteiger partial charge < -0.3 is 4.57 Å². The normalized spacial score (nSPS) is 11.4. The zero-order valence-electron chi connectivity index (χ0n) is 17.7. The van der Waals surface area contributed by atoms with Crippen LogP contribution in [0, 0.1) is 0 Å². The van der Waals surface area contributed by atoms with Gasteiger partial charge >= 0.3 is 0 Å². The topological polar surface area (TPSA) is 22.0 Å². The van der Waals surface area contributed by atoms with Gasteiger partial charge in [-0.1, -0.05) is 57.5 Å². The molecule has 0 saturated carbocycles. The van der Waals surface area contributed by atoms with Crippen LogP contribution < -0.4 is 0 Å². The number of rotatable bonds is 7. The van der Waals surface area contributed by atoms with Crippen LogP contribution in [0.3, 0.4) is 0 Å². The van der Waals surface area contributed by atoms with E-state index in [0.29, 0.717) is 0 Å². The molecule has 0 N–H and O–H groups in total. The van der Waals surface area contributed by atoms with Crippen molar-refractivity contribution in [3.8, 4) is 0 Å². The summed E-state index contributed by atoms with van der Waals surface area (Å²) in [5, 5.41) is 2.44. The van der Waals surface area contributed by atoms with Gasteiger partial charge in [-0.3, -0.25) is 4.79 Å². The summed E-state index contributed by atoms with van der Waals surface area (Å²) in [6.07, 6.45) is 4.19. The Balaban J connectivity index is 1.90. The summed E-state index contributed by atoms with van der Waals surface area (Å²) in [7, 11) is 0. The van der Waals surface area contributed by atoms with Gasteiger partial charge in [-0.05, 0) is 60.7 Å². The number of benzene rings is 3. The van der Waals surface area contributed by atoms with Gasteiger partial charge in [-0.25, -0.2) is 0 Å². The van der Waals surface area contributed by atoms with Crippen LogP contribution in [0.1, 0.15) is 60.7 Å². The van der Waals surface area contributed by atoms with Crippen LogP contribution in [0.15, 0.2) is 60.7 Å². The Hall–Kier alpha value is -2.87. The van der Waals surface area contributed by atoms with Crippen LogP contribution >= 0.6 is 0 Å². The number of ketones is 1. The van der Waals surface area contributed by atoms with Gasteiger partial charge in [0.15, 0.2) is 5.78 Å². The molecule has 1 heterocycles. The Morgan fingerprint density at radius 1 is 0.828 bits per heavy atom. The van der Waals surface area contributed by atoms with Crippen LogP contribution in [0.2, 0.25) is 0 Å². The summed E-state index contributed by atoms with van der Waals surface area (Å²) in [6, 6.07) is 21.0. The number of hydrogen-bond donors (Lipinski definition) is 0. The molecule has 0 bridgehead atoms. The van der Waals surface area contributed by atoms with Crippen molar-refractivity contribution < 1.29 is 4.79 Å². The lowest BCUT2D eigenvalue weighted by Crippen LogP contribution is -2.05. The predicted molar refractivity (Wildman–Crippen MR) is 123 cm³/mol. The van der Waals surface area contributed by atoms with Crippen molar-refractivity contribution >= 4 is 27.6 Å². The van der Waals surface area contributed by atoms with E-state index in [1.807, 2.05) is 24.3 Å². The fourth-order valence-electron chi connectivity index (χ4n) is 4.28. The fourth-order valence-corrected chi connectivity index (χ4v) is 4.28. The molecule has 29 heavy (non-hydrogen) atoms. The third kappa shape index (κ3) is 3.48. The lowest BCUT2D eigenvalue weighted by Gasteiger charge is -2.08. The number of unbranched alkanes of at least 4 members (excludes halogenated alkanes) is 1. The van der Waals surface area contributed by atoms with Crippen molar-refractivity contribution in [3.63, 3.8) is 0 Å². The van der Waals surface area contributed by atoms with Gasteiger partial charge in [-0.15, -0.1) is 0 Å². The van der Waals surface area contributed by atoms with E-state index in [4.69, 9.17) is 0 Å². The van der Waals surface area contributed by atoms with Crippen LogP contribution in [-0.4, -0.2) is 10.4 Å². The zero-order valence-corrected chi connectivity index (χ0v) is 17.7. The number of carbonyl (C=O) groups excluding carboxylic acids is 1. The molecular weight excluding hydrogens is 354 g/mol. The van der Waals surface area contributed by atoms with Gasteiger partial charge in [0, 0.05) is 39.5 Å². The number of aromatic nitrogens is 1. The van der Waals surface area contributed by atoms with Crippen LogP contribution in [0.4, 0.5) is 0 Å². The second kappa shape index (κ2) is 8.24. The highest BCUT2D eigenvalue weighted by Crippen LogP contribution is 2.32. The molecule has 3 aromatic carbocycles. The van der Waals surface area contributed by atoms with Crippen LogP contribution in [-0.2, 0) is 19.4 Å². The Labute approximate surface area is 173 Å². The molecule has 0 aliphatic carbocycles. The molecule has 1 aromatic heterocycles. The fraction of sp³-hybridized carbons (Fsp3) is 0.296. The highest BCUT2D eigenvalue weighted by Gasteiger charge is 2.16. The van der Waals surface area contributed by atoms with Crippen molar-refractivity contribution in [1.82, 2.24) is 4.57 Å². The first-order chi connectivity index (χ1) is 14.2. The number of aryl methyl sites for hydroxylation is 3. The van der Waals surface area contributed by atoms with Gasteiger partial charge in [0.2, 0.25) is 0 Å². The maximum absolute atomic E-state index is 13.3. The third-order valence-corrected chi connectivity index (χ3v) is 5.98. The number of fused-ring (bicyclic) bond motifs is 3. The van der Waals surface area contributed by atoms with Gasteiger partial charge in [0.1, 0.15) is 0 Å². The molecule has 0 unspecified atom stereocenters. The van der Waals surface area contributed by atoms with E-state index in [0.717, 1.165) is 42.5 Å². The Morgan fingerprint density at radius 3 is 2.28 bits per heavy atom. The maximum atomic E-state index is 13.3. The minimum atomic E-state index is 0.116. The average molecular weight is 384 g/mol. The zero-order chi connectivity index (χ0) is 20.4. The third-order valence-electron chi connectivity index (χ3n) is 5.98. The lowest BCUT2D eigenvalue weighted by molar-refractivity contribution is 0.103. The summed E-state index contributed by atoms with van der Waals surface area (Å²) in [5.74, 6) is 0.116. The average Bonchev–Trinajstić information content (AvgIpc) is 3.09. The highest BCUT2D eigenvalue weighted by molar-refractivity contribution is 6.15. The Kier molecular flexibility index (Phi) is 5.53. The molecule has 4 aromatic rings. The summed E-state index contributed by atoms with van der Waals surface area (Å²) < 4.78 is 2.42. The summed E-state index contributed by atoms with van der Waals surface area (Å²) in [6.45, 7) is 7.52. The van der Waals surface area contributed by atoms with Crippen molar-refractivity contribution in [2.24, 2.45) is 0 Å². The molecular formula is C27H29NO. The molecule has 148 valence electrons. The summed E-state index contributed by atoms with van der Waals surface area (Å²) >= 11 is 0. The van der Waals surface area contributed by atoms with Gasteiger partial charge in [0.05, 0.1) is 0 Å². The molecule has 0 atom stereocenters. The minimum absolute atomic E-state index is 0.116. The second-order valence-corrected chi connectivity index (χ2v) is 7.78. The van der Waals surface area contributed by atoms with E-state index >= 15 is 0 Å². The van der Waals surface area contributed by atoms with Gasteiger partial charge in [-0.2, -0.15) is 0 Å². The molecule has 0 saturated heterocycles. The SMILES string of the molecule is CCCCn1c2ccc(CC)cc2c2cc(C(=O)c3ccccc3CC)ccc21. The molecule has 0 aliphatic heterocycles. The molecule has 0 spiro atoms. The number of nitrogens with zero attached hydrogens (tertiary/aromatic N) is 1. The first kappa shape index (κ1) is 19.4. The molecule has 0 radical (unpaired) electrons. The molecule has 0 fully saturated rings. The van der Waals surface area contributed by atoms with Crippen LogP contribution in [0.25, 0.3) is 21.8 Å². The Bertz CT molecular complexity index is 1180. The summed E-state index contributed by atoms with van der Waals surface area (Å²) in [4.78, 5) is 13.3. The van der Waals surface area contributed by atoms with Crippen molar-refractivity contribution in [1.29, 1.82) is 0 Å². The summed E-state index contributed by atoms with van der Waals surface area (Å²) in [5.41, 5.74) is 6.52. The van der Waals surface area contributed by atoms with E-state index in [2.05, 4.69) is 61.7 Å². The molecule has 2 nitrogen and oxygen atoms in total. The van der Waals surface area contributed by atoms with Gasteiger partial charge in [0.25, 0.3) is 0 Å². The maximum Gasteiger partial charge on any atom is 0.193 e. The van der Waals surface area contributed by atoms with E-state index in [-0.39, 0.29) is 5.78 Å². The number of carbonyl (C=O) groups is 1. The number of hydrogen-bond acceptors (Lipinski definition) is 1. The lowest BCUT2D eigenvalue weighted by atomic mass is 9.96. The van der Waals surface area contributed by atoms with Crippen LogP contribution in [0.5, 0.6) is 0 Å². The van der Waals surface area contributed by atoms with E-state index < -0.39 is 0 Å². The molecule has 0 aliphatic rings. The van der Waals surface area contributed by atoms with E-state index in [1.165, 1.54) is 33.8 Å². The Morgan fingerprint density at radius 2 is 1.55 bits per heavy atom. The quantitative estimate of drug-likeness (QED) is 0.316. The van der Waals surface area contributed by atoms with E-state index in [1.54, 1.807) is 0 Å². The standard InChI is InChI=1S/C27H29NO/c1-4-7-16-28-25-14-12-19(5-2)17-23(25)24-18-21(13-15-26(24)28)27(29)22-11-9-8-10-20(22)6-3/h8-15,17-18H,4-7,16H2,1-3H3. The van der Waals surface area contributed by atoms with E-state index in [9.17, 15) is 4.79 Å². The van der Waals surface area contributed by atoms with Crippen molar-refractivity contribution in [2.75, 3.05) is 0 Å². The first-order valence-electron chi connectivity index (χ1n) is 10.8. The van der Waals surface area contributed by atoms with Crippen molar-refractivity contribution in [3.05, 3.63) is 82.9 Å². The monoisotopic (exact) mass is 383 g/mol. The predicted octanol–water partition coefficient (Wildman–Crippen LogP) is 6.95. The first-order valence-corrected chi connectivity index (χ1v) is 10.8. The second-order valence-electron chi connectivity index (χ2n) is 7.78. The smallest absolute Gasteiger partial charge is 0.193 e.